The molecule has 17 heavy (non-hydrogen) atoms. The first-order valence-corrected chi connectivity index (χ1v) is 5.37. The second kappa shape index (κ2) is 4.82. The maximum absolute atomic E-state index is 5.29. The zero-order valence-corrected chi connectivity index (χ0v) is 10.2. The van der Waals surface area contributed by atoms with Crippen molar-refractivity contribution < 1.29 is 4.74 Å². The standard InChI is InChI=1S/C13H15N3O/c1-10-5-4-6-12(17-3)13(10)14-7-11-8-15-16(2)9-11/h4-9H,1-3H3. The Morgan fingerprint density at radius 2 is 2.24 bits per heavy atom. The Labute approximate surface area is 101 Å². The van der Waals surface area contributed by atoms with Crippen molar-refractivity contribution in [1.29, 1.82) is 0 Å². The predicted molar refractivity (Wildman–Crippen MR) is 68.2 cm³/mol. The van der Waals surface area contributed by atoms with E-state index in [1.54, 1.807) is 24.2 Å². The van der Waals surface area contributed by atoms with Crippen LogP contribution in [0.15, 0.2) is 35.6 Å². The lowest BCUT2D eigenvalue weighted by Crippen LogP contribution is -1.86. The van der Waals surface area contributed by atoms with Crippen LogP contribution in [-0.2, 0) is 7.05 Å². The summed E-state index contributed by atoms with van der Waals surface area (Å²) in [7, 11) is 3.53. The third-order valence-corrected chi connectivity index (χ3v) is 2.49. The summed E-state index contributed by atoms with van der Waals surface area (Å²) in [5.74, 6) is 0.783. The van der Waals surface area contributed by atoms with E-state index in [-0.39, 0.29) is 0 Å². The van der Waals surface area contributed by atoms with Gasteiger partial charge in [-0.25, -0.2) is 0 Å². The molecule has 0 unspecified atom stereocenters. The smallest absolute Gasteiger partial charge is 0.144 e. The van der Waals surface area contributed by atoms with Gasteiger partial charge in [0.15, 0.2) is 0 Å². The van der Waals surface area contributed by atoms with E-state index >= 15 is 0 Å². The van der Waals surface area contributed by atoms with Crippen LogP contribution in [0.25, 0.3) is 0 Å². The number of aliphatic imine (C=N–C) groups is 1. The first-order valence-electron chi connectivity index (χ1n) is 5.37. The molecule has 0 bridgehead atoms. The number of rotatable bonds is 3. The molecule has 4 nitrogen and oxygen atoms in total. The van der Waals surface area contributed by atoms with E-state index in [0.717, 1.165) is 22.6 Å². The first-order chi connectivity index (χ1) is 8.20. The highest BCUT2D eigenvalue weighted by Gasteiger charge is 2.03. The van der Waals surface area contributed by atoms with Gasteiger partial charge in [-0.3, -0.25) is 9.67 Å². The molecule has 0 fully saturated rings. The maximum atomic E-state index is 5.29. The Hall–Kier alpha value is -2.10. The molecule has 0 aliphatic rings. The average Bonchev–Trinajstić information content (AvgIpc) is 2.73. The fourth-order valence-electron chi connectivity index (χ4n) is 1.61. The van der Waals surface area contributed by atoms with Crippen LogP contribution < -0.4 is 4.74 Å². The summed E-state index contributed by atoms with van der Waals surface area (Å²) in [6.07, 6.45) is 5.47. The molecule has 2 rings (SSSR count). The van der Waals surface area contributed by atoms with Crippen LogP contribution >= 0.6 is 0 Å². The summed E-state index contributed by atoms with van der Waals surface area (Å²) in [6.45, 7) is 2.01. The third-order valence-electron chi connectivity index (χ3n) is 2.49. The van der Waals surface area contributed by atoms with Gasteiger partial charge in [0.25, 0.3) is 0 Å². The number of ether oxygens (including phenoxy) is 1. The van der Waals surface area contributed by atoms with Crippen LogP contribution in [-0.4, -0.2) is 23.1 Å². The molecule has 0 aliphatic heterocycles. The highest BCUT2D eigenvalue weighted by molar-refractivity contribution is 5.82. The van der Waals surface area contributed by atoms with Crippen molar-refractivity contribution >= 4 is 11.9 Å². The monoisotopic (exact) mass is 229 g/mol. The van der Waals surface area contributed by atoms with Crippen molar-refractivity contribution in [2.24, 2.45) is 12.0 Å². The zero-order chi connectivity index (χ0) is 12.3. The topological polar surface area (TPSA) is 39.4 Å². The van der Waals surface area contributed by atoms with Crippen LogP contribution in [0.5, 0.6) is 5.75 Å². The molecule has 1 aromatic carbocycles. The van der Waals surface area contributed by atoms with E-state index in [1.807, 2.05) is 38.4 Å². The van der Waals surface area contributed by atoms with Crippen molar-refractivity contribution in [3.05, 3.63) is 41.7 Å². The van der Waals surface area contributed by atoms with Crippen molar-refractivity contribution in [1.82, 2.24) is 9.78 Å². The van der Waals surface area contributed by atoms with Gasteiger partial charge in [0, 0.05) is 25.0 Å². The largest absolute Gasteiger partial charge is 0.494 e. The normalized spacial score (nSPS) is 11.0. The summed E-state index contributed by atoms with van der Waals surface area (Å²) < 4.78 is 7.03. The Balaban J connectivity index is 2.32. The minimum absolute atomic E-state index is 0.783. The number of hydrogen-bond acceptors (Lipinski definition) is 3. The number of hydrogen-bond donors (Lipinski definition) is 0. The summed E-state index contributed by atoms with van der Waals surface area (Å²) in [4.78, 5) is 4.46. The lowest BCUT2D eigenvalue weighted by molar-refractivity contribution is 0.416. The molecule has 0 amide bonds. The number of aryl methyl sites for hydroxylation is 2. The lowest BCUT2D eigenvalue weighted by Gasteiger charge is -2.06. The minimum atomic E-state index is 0.783. The van der Waals surface area contributed by atoms with Crippen molar-refractivity contribution in [3.8, 4) is 5.75 Å². The zero-order valence-electron chi connectivity index (χ0n) is 10.2. The fraction of sp³-hybridized carbons (Fsp3) is 0.231. The predicted octanol–water partition coefficient (Wildman–Crippen LogP) is 2.49. The van der Waals surface area contributed by atoms with Gasteiger partial charge in [-0.15, -0.1) is 0 Å². The lowest BCUT2D eigenvalue weighted by atomic mass is 10.2. The second-order valence-corrected chi connectivity index (χ2v) is 3.83. The van der Waals surface area contributed by atoms with Crippen LogP contribution in [0.3, 0.4) is 0 Å². The van der Waals surface area contributed by atoms with E-state index in [1.165, 1.54) is 0 Å². The van der Waals surface area contributed by atoms with Gasteiger partial charge in [0.05, 0.1) is 13.3 Å². The molecule has 2 aromatic rings. The number of aromatic nitrogens is 2. The summed E-state index contributed by atoms with van der Waals surface area (Å²) in [5, 5.41) is 4.09. The Bertz CT molecular complexity index is 543. The summed E-state index contributed by atoms with van der Waals surface area (Å²) in [6, 6.07) is 5.87. The molecular weight excluding hydrogens is 214 g/mol. The Morgan fingerprint density at radius 3 is 2.88 bits per heavy atom. The molecule has 0 radical (unpaired) electrons. The maximum Gasteiger partial charge on any atom is 0.144 e. The molecule has 1 aromatic heterocycles. The van der Waals surface area contributed by atoms with Crippen molar-refractivity contribution in [3.63, 3.8) is 0 Å². The van der Waals surface area contributed by atoms with Crippen LogP contribution in [0.4, 0.5) is 5.69 Å². The van der Waals surface area contributed by atoms with Gasteiger partial charge in [-0.2, -0.15) is 5.10 Å². The van der Waals surface area contributed by atoms with Crippen molar-refractivity contribution in [2.45, 2.75) is 6.92 Å². The Kier molecular flexibility index (Phi) is 3.23. The van der Waals surface area contributed by atoms with Crippen LogP contribution in [0.1, 0.15) is 11.1 Å². The van der Waals surface area contributed by atoms with Crippen molar-refractivity contribution in [2.75, 3.05) is 7.11 Å². The number of nitrogens with zero attached hydrogens (tertiary/aromatic N) is 3. The molecule has 0 N–H and O–H groups in total. The summed E-state index contributed by atoms with van der Waals surface area (Å²) >= 11 is 0. The molecule has 4 heteroatoms. The molecular formula is C13H15N3O. The first kappa shape index (κ1) is 11.4. The third kappa shape index (κ3) is 2.53. The number of benzene rings is 1. The highest BCUT2D eigenvalue weighted by atomic mass is 16.5. The number of methoxy groups -OCH3 is 1. The van der Waals surface area contributed by atoms with E-state index in [9.17, 15) is 0 Å². The van der Waals surface area contributed by atoms with Gasteiger partial charge >= 0.3 is 0 Å². The molecule has 1 heterocycles. The molecule has 0 saturated carbocycles. The SMILES string of the molecule is COc1cccc(C)c1N=Cc1cnn(C)c1. The molecule has 0 spiro atoms. The van der Waals surface area contributed by atoms with Gasteiger partial charge in [0.1, 0.15) is 11.4 Å². The van der Waals surface area contributed by atoms with Gasteiger partial charge in [-0.05, 0) is 18.6 Å². The Morgan fingerprint density at radius 1 is 1.41 bits per heavy atom. The van der Waals surface area contributed by atoms with Crippen LogP contribution in [0.2, 0.25) is 0 Å². The molecule has 0 saturated heterocycles. The fourth-order valence-corrected chi connectivity index (χ4v) is 1.61. The highest BCUT2D eigenvalue weighted by Crippen LogP contribution is 2.30. The van der Waals surface area contributed by atoms with E-state index in [0.29, 0.717) is 0 Å². The number of para-hydroxylation sites is 1. The summed E-state index contributed by atoms with van der Waals surface area (Å²) in [5.41, 5.74) is 2.92. The molecule has 0 atom stereocenters. The van der Waals surface area contributed by atoms with Gasteiger partial charge in [-0.1, -0.05) is 12.1 Å². The quantitative estimate of drug-likeness (QED) is 0.758. The van der Waals surface area contributed by atoms with E-state index < -0.39 is 0 Å². The average molecular weight is 229 g/mol. The molecule has 0 aliphatic carbocycles. The van der Waals surface area contributed by atoms with Crippen LogP contribution in [0, 0.1) is 6.92 Å². The molecule has 88 valence electrons. The van der Waals surface area contributed by atoms with Gasteiger partial charge in [0.2, 0.25) is 0 Å². The minimum Gasteiger partial charge on any atom is -0.494 e. The second-order valence-electron chi connectivity index (χ2n) is 3.83. The van der Waals surface area contributed by atoms with E-state index in [2.05, 4.69) is 10.1 Å². The van der Waals surface area contributed by atoms with Gasteiger partial charge < -0.3 is 4.74 Å². The van der Waals surface area contributed by atoms with E-state index in [4.69, 9.17) is 4.74 Å².